The third-order valence-corrected chi connectivity index (χ3v) is 4.87. The van der Waals surface area contributed by atoms with Crippen molar-refractivity contribution in [2.45, 2.75) is 6.61 Å². The van der Waals surface area contributed by atoms with Crippen molar-refractivity contribution >= 4 is 10.9 Å². The fourth-order valence-corrected chi connectivity index (χ4v) is 3.36. The van der Waals surface area contributed by atoms with Gasteiger partial charge in [0.15, 0.2) is 0 Å². The highest BCUT2D eigenvalue weighted by Crippen LogP contribution is 2.26. The van der Waals surface area contributed by atoms with Gasteiger partial charge in [-0.3, -0.25) is 5.10 Å². The highest BCUT2D eigenvalue weighted by molar-refractivity contribution is 5.83. The minimum absolute atomic E-state index is 0.398. The number of fused-ring (bicyclic) bond motifs is 1. The Hall–Kier alpha value is -4.19. The quantitative estimate of drug-likeness (QED) is 0.458. The maximum absolute atomic E-state index is 12.3. The third kappa shape index (κ3) is 3.71. The second-order valence-electron chi connectivity index (χ2n) is 6.96. The number of ether oxygens (including phenoxy) is 1. The second-order valence-corrected chi connectivity index (χ2v) is 6.96. The molecule has 2 heterocycles. The highest BCUT2D eigenvalue weighted by Gasteiger charge is 2.08. The topological polar surface area (TPSA) is 83.7 Å². The Kier molecular flexibility index (Phi) is 4.57. The molecule has 30 heavy (non-hydrogen) atoms. The molecule has 3 aromatic carbocycles. The predicted molar refractivity (Wildman–Crippen MR) is 116 cm³/mol. The zero-order valence-electron chi connectivity index (χ0n) is 16.0. The molecule has 0 atom stereocenters. The number of aromatic amines is 2. The standard InChI is InChI=1S/C24H18N4O2/c29-24-26-22(13-23(27-24)18-9-10-21-19(11-18)14-25-28-21)17-7-4-8-20(12-17)30-15-16-5-2-1-3-6-16/h1-14H,15H2,(H,25,28)(H,26,27,29). The van der Waals surface area contributed by atoms with Crippen molar-refractivity contribution in [3.63, 3.8) is 0 Å². The molecule has 6 heteroatoms. The molecule has 0 saturated heterocycles. The van der Waals surface area contributed by atoms with Crippen LogP contribution in [0.25, 0.3) is 33.4 Å². The lowest BCUT2D eigenvalue weighted by molar-refractivity contribution is 0.306. The van der Waals surface area contributed by atoms with E-state index >= 15 is 0 Å². The molecule has 5 aromatic rings. The van der Waals surface area contributed by atoms with E-state index in [9.17, 15) is 4.79 Å². The molecule has 0 aliphatic rings. The molecule has 2 aromatic heterocycles. The van der Waals surface area contributed by atoms with Gasteiger partial charge in [0, 0.05) is 10.9 Å². The summed E-state index contributed by atoms with van der Waals surface area (Å²) >= 11 is 0. The minimum Gasteiger partial charge on any atom is -0.489 e. The average Bonchev–Trinajstić information content (AvgIpc) is 3.26. The number of rotatable bonds is 5. The lowest BCUT2D eigenvalue weighted by Crippen LogP contribution is -2.12. The lowest BCUT2D eigenvalue weighted by atomic mass is 10.1. The number of nitrogens with zero attached hydrogens (tertiary/aromatic N) is 2. The molecule has 6 nitrogen and oxygen atoms in total. The summed E-state index contributed by atoms with van der Waals surface area (Å²) in [5.41, 5.74) is 4.63. The maximum atomic E-state index is 12.3. The van der Waals surface area contributed by atoms with Crippen molar-refractivity contribution in [1.29, 1.82) is 0 Å². The summed E-state index contributed by atoms with van der Waals surface area (Å²) in [5.74, 6) is 0.722. The van der Waals surface area contributed by atoms with Crippen LogP contribution in [0.1, 0.15) is 5.56 Å². The van der Waals surface area contributed by atoms with Crippen LogP contribution in [0.15, 0.2) is 89.9 Å². The van der Waals surface area contributed by atoms with Gasteiger partial charge in [0.1, 0.15) is 12.4 Å². The first-order chi connectivity index (χ1) is 14.7. The Balaban J connectivity index is 1.46. The van der Waals surface area contributed by atoms with Gasteiger partial charge >= 0.3 is 5.69 Å². The summed E-state index contributed by atoms with van der Waals surface area (Å²) in [6, 6.07) is 25.3. The maximum Gasteiger partial charge on any atom is 0.345 e. The van der Waals surface area contributed by atoms with Crippen LogP contribution in [0.5, 0.6) is 5.75 Å². The Bertz CT molecular complexity index is 1370. The van der Waals surface area contributed by atoms with Gasteiger partial charge in [-0.1, -0.05) is 48.5 Å². The van der Waals surface area contributed by atoms with Crippen molar-refractivity contribution in [3.05, 3.63) is 101 Å². The van der Waals surface area contributed by atoms with Crippen LogP contribution < -0.4 is 10.4 Å². The molecule has 0 saturated carbocycles. The van der Waals surface area contributed by atoms with Crippen LogP contribution in [0.4, 0.5) is 0 Å². The molecule has 0 spiro atoms. The van der Waals surface area contributed by atoms with Crippen LogP contribution in [-0.2, 0) is 6.61 Å². The van der Waals surface area contributed by atoms with Gasteiger partial charge in [0.2, 0.25) is 0 Å². The Labute approximate surface area is 172 Å². The monoisotopic (exact) mass is 394 g/mol. The summed E-state index contributed by atoms with van der Waals surface area (Å²) in [6.07, 6.45) is 1.76. The van der Waals surface area contributed by atoms with Gasteiger partial charge in [-0.2, -0.15) is 10.1 Å². The molecule has 0 fully saturated rings. The number of H-pyrrole nitrogens is 2. The third-order valence-electron chi connectivity index (χ3n) is 4.87. The number of aromatic nitrogens is 4. The van der Waals surface area contributed by atoms with Crippen molar-refractivity contribution in [1.82, 2.24) is 20.2 Å². The van der Waals surface area contributed by atoms with Crippen molar-refractivity contribution in [2.75, 3.05) is 0 Å². The van der Waals surface area contributed by atoms with Gasteiger partial charge in [-0.05, 0) is 41.5 Å². The fraction of sp³-hybridized carbons (Fsp3) is 0.0417. The smallest absolute Gasteiger partial charge is 0.345 e. The van der Waals surface area contributed by atoms with E-state index in [2.05, 4.69) is 20.2 Å². The molecular weight excluding hydrogens is 376 g/mol. The van der Waals surface area contributed by atoms with E-state index < -0.39 is 5.69 Å². The van der Waals surface area contributed by atoms with Gasteiger partial charge in [-0.25, -0.2) is 4.79 Å². The van der Waals surface area contributed by atoms with E-state index in [-0.39, 0.29) is 0 Å². The van der Waals surface area contributed by atoms with Gasteiger partial charge < -0.3 is 9.72 Å². The van der Waals surface area contributed by atoms with Gasteiger partial charge in [0.25, 0.3) is 0 Å². The minimum atomic E-state index is -0.398. The summed E-state index contributed by atoms with van der Waals surface area (Å²) in [4.78, 5) is 19.2. The molecule has 0 unspecified atom stereocenters. The Morgan fingerprint density at radius 2 is 1.77 bits per heavy atom. The molecule has 0 radical (unpaired) electrons. The van der Waals surface area contributed by atoms with E-state index in [0.717, 1.165) is 33.3 Å². The summed E-state index contributed by atoms with van der Waals surface area (Å²) in [5, 5.41) is 7.95. The van der Waals surface area contributed by atoms with Crippen molar-refractivity contribution in [2.24, 2.45) is 0 Å². The van der Waals surface area contributed by atoms with E-state index in [0.29, 0.717) is 18.0 Å². The van der Waals surface area contributed by atoms with Crippen LogP contribution in [0.2, 0.25) is 0 Å². The van der Waals surface area contributed by atoms with Crippen LogP contribution in [0, 0.1) is 0 Å². The molecule has 0 bridgehead atoms. The van der Waals surface area contributed by atoms with Crippen molar-refractivity contribution in [3.8, 4) is 28.3 Å². The van der Waals surface area contributed by atoms with E-state index in [1.807, 2.05) is 78.9 Å². The molecule has 0 amide bonds. The first kappa shape index (κ1) is 17.9. The zero-order valence-corrected chi connectivity index (χ0v) is 16.0. The fourth-order valence-electron chi connectivity index (χ4n) is 3.36. The zero-order chi connectivity index (χ0) is 20.3. The Morgan fingerprint density at radius 3 is 2.67 bits per heavy atom. The summed E-state index contributed by atoms with van der Waals surface area (Å²) in [7, 11) is 0. The largest absolute Gasteiger partial charge is 0.489 e. The number of hydrogen-bond acceptors (Lipinski definition) is 4. The molecular formula is C24H18N4O2. The number of benzene rings is 3. The van der Waals surface area contributed by atoms with Crippen molar-refractivity contribution < 1.29 is 4.74 Å². The summed E-state index contributed by atoms with van der Waals surface area (Å²) in [6.45, 7) is 0.475. The predicted octanol–water partition coefficient (Wildman–Crippen LogP) is 4.56. The average molecular weight is 394 g/mol. The highest BCUT2D eigenvalue weighted by atomic mass is 16.5. The second kappa shape index (κ2) is 7.67. The van der Waals surface area contributed by atoms with Gasteiger partial charge in [0.05, 0.1) is 23.1 Å². The van der Waals surface area contributed by atoms with E-state index in [4.69, 9.17) is 4.74 Å². The first-order valence-electron chi connectivity index (χ1n) is 9.57. The molecule has 0 aliphatic carbocycles. The molecule has 2 N–H and O–H groups in total. The molecule has 5 rings (SSSR count). The summed E-state index contributed by atoms with van der Waals surface area (Å²) < 4.78 is 5.91. The van der Waals surface area contributed by atoms with E-state index in [1.54, 1.807) is 6.20 Å². The van der Waals surface area contributed by atoms with Crippen LogP contribution >= 0.6 is 0 Å². The normalized spacial score (nSPS) is 10.9. The lowest BCUT2D eigenvalue weighted by Gasteiger charge is -2.09. The van der Waals surface area contributed by atoms with Crippen LogP contribution in [-0.4, -0.2) is 20.2 Å². The SMILES string of the molecule is O=c1nc(-c2cccc(OCc3ccccc3)c2)cc(-c2ccc3[nH]ncc3c2)[nH]1. The molecule has 146 valence electrons. The number of hydrogen-bond donors (Lipinski definition) is 2. The number of nitrogens with one attached hydrogen (secondary N) is 2. The Morgan fingerprint density at radius 1 is 0.867 bits per heavy atom. The van der Waals surface area contributed by atoms with Crippen LogP contribution in [0.3, 0.4) is 0 Å². The molecule has 0 aliphatic heterocycles. The first-order valence-corrected chi connectivity index (χ1v) is 9.57. The van der Waals surface area contributed by atoms with Gasteiger partial charge in [-0.15, -0.1) is 0 Å². The van der Waals surface area contributed by atoms with E-state index in [1.165, 1.54) is 0 Å².